The van der Waals surface area contributed by atoms with Crippen molar-refractivity contribution in [3.8, 4) is 5.75 Å². The highest BCUT2D eigenvalue weighted by atomic mass is 16.5. The van der Waals surface area contributed by atoms with Crippen molar-refractivity contribution in [3.63, 3.8) is 0 Å². The summed E-state index contributed by atoms with van der Waals surface area (Å²) in [6.07, 6.45) is 0. The molecule has 7 heteroatoms. The van der Waals surface area contributed by atoms with Crippen LogP contribution in [0.25, 0.3) is 11.0 Å². The number of methoxy groups -OCH3 is 1. The number of nitrogens with two attached hydrogens (primary N) is 1. The number of likely N-dealkylation sites (tertiary alicyclic amines) is 1. The predicted octanol–water partition coefficient (Wildman–Crippen LogP) is 1.51. The first-order valence-corrected chi connectivity index (χ1v) is 9.14. The van der Waals surface area contributed by atoms with Gasteiger partial charge < -0.3 is 19.9 Å². The summed E-state index contributed by atoms with van der Waals surface area (Å²) in [6.45, 7) is 0.809. The van der Waals surface area contributed by atoms with Gasteiger partial charge in [0.2, 0.25) is 0 Å². The number of hydrogen-bond donors (Lipinski definition) is 1. The minimum Gasteiger partial charge on any atom is -0.497 e. The Bertz CT molecular complexity index is 1110. The van der Waals surface area contributed by atoms with E-state index in [0.29, 0.717) is 24.1 Å². The van der Waals surface area contributed by atoms with Crippen LogP contribution in [0.1, 0.15) is 22.0 Å². The van der Waals surface area contributed by atoms with E-state index in [0.717, 1.165) is 11.3 Å². The lowest BCUT2D eigenvalue weighted by atomic mass is 9.95. The van der Waals surface area contributed by atoms with Crippen LogP contribution >= 0.6 is 0 Å². The molecular weight excluding hydrogens is 356 g/mol. The van der Waals surface area contributed by atoms with Crippen molar-refractivity contribution < 1.29 is 9.53 Å². The van der Waals surface area contributed by atoms with Gasteiger partial charge in [-0.15, -0.1) is 0 Å². The molecule has 0 radical (unpaired) electrons. The number of aromatic nitrogens is 2. The molecule has 0 bridgehead atoms. The molecule has 1 aliphatic rings. The Morgan fingerprint density at radius 2 is 1.96 bits per heavy atom. The van der Waals surface area contributed by atoms with Crippen LogP contribution in [0.15, 0.2) is 53.3 Å². The topological polar surface area (TPSA) is 90.5 Å². The predicted molar refractivity (Wildman–Crippen MR) is 107 cm³/mol. The van der Waals surface area contributed by atoms with Crippen LogP contribution in [-0.4, -0.2) is 46.6 Å². The molecule has 7 nitrogen and oxygen atoms in total. The fourth-order valence-corrected chi connectivity index (χ4v) is 3.79. The Kier molecular flexibility index (Phi) is 4.60. The summed E-state index contributed by atoms with van der Waals surface area (Å²) in [4.78, 5) is 31.7. The van der Waals surface area contributed by atoms with E-state index in [-0.39, 0.29) is 23.6 Å². The van der Waals surface area contributed by atoms with E-state index in [4.69, 9.17) is 10.5 Å². The van der Waals surface area contributed by atoms with Crippen molar-refractivity contribution in [1.29, 1.82) is 0 Å². The third kappa shape index (κ3) is 3.03. The lowest BCUT2D eigenvalue weighted by Crippen LogP contribution is -2.37. The number of ether oxygens (including phenoxy) is 1. The van der Waals surface area contributed by atoms with Crippen LogP contribution in [0, 0.1) is 0 Å². The number of para-hydroxylation sites is 2. The van der Waals surface area contributed by atoms with Gasteiger partial charge in [0, 0.05) is 32.1 Å². The van der Waals surface area contributed by atoms with Crippen molar-refractivity contribution in [3.05, 3.63) is 70.1 Å². The third-order valence-corrected chi connectivity index (χ3v) is 5.36. The molecule has 1 aromatic heterocycles. The van der Waals surface area contributed by atoms with Crippen molar-refractivity contribution >= 4 is 16.9 Å². The molecule has 0 saturated carbocycles. The number of rotatable bonds is 3. The van der Waals surface area contributed by atoms with Gasteiger partial charge in [0.1, 0.15) is 5.75 Å². The molecule has 2 aromatic carbocycles. The summed E-state index contributed by atoms with van der Waals surface area (Å²) >= 11 is 0. The van der Waals surface area contributed by atoms with Crippen LogP contribution in [0.5, 0.6) is 5.75 Å². The summed E-state index contributed by atoms with van der Waals surface area (Å²) in [5, 5.41) is 0. The number of fused-ring (bicyclic) bond motifs is 1. The van der Waals surface area contributed by atoms with Crippen LogP contribution in [0.2, 0.25) is 0 Å². The minimum absolute atomic E-state index is 0.0247. The lowest BCUT2D eigenvalue weighted by molar-refractivity contribution is 0.0781. The van der Waals surface area contributed by atoms with E-state index in [1.807, 2.05) is 42.5 Å². The fraction of sp³-hybridized carbons (Fsp3) is 0.286. The Morgan fingerprint density at radius 3 is 2.75 bits per heavy atom. The normalized spacial score (nSPS) is 19.2. The number of amides is 1. The summed E-state index contributed by atoms with van der Waals surface area (Å²) in [7, 11) is 3.27. The maximum Gasteiger partial charge on any atom is 0.282 e. The maximum absolute atomic E-state index is 13.1. The second kappa shape index (κ2) is 7.09. The molecular formula is C21H22N4O3. The fourth-order valence-electron chi connectivity index (χ4n) is 3.79. The molecule has 2 atom stereocenters. The molecule has 28 heavy (non-hydrogen) atoms. The zero-order valence-corrected chi connectivity index (χ0v) is 15.8. The van der Waals surface area contributed by atoms with Gasteiger partial charge in [0.15, 0.2) is 5.69 Å². The molecule has 1 aliphatic heterocycles. The average molecular weight is 378 g/mol. The van der Waals surface area contributed by atoms with Crippen LogP contribution in [0.4, 0.5) is 0 Å². The van der Waals surface area contributed by atoms with Gasteiger partial charge in [-0.1, -0.05) is 24.3 Å². The summed E-state index contributed by atoms with van der Waals surface area (Å²) in [5.41, 5.74) is 8.18. The third-order valence-electron chi connectivity index (χ3n) is 5.36. The molecule has 2 N–H and O–H groups in total. The number of benzene rings is 2. The minimum atomic E-state index is -0.401. The monoisotopic (exact) mass is 378 g/mol. The molecule has 1 fully saturated rings. The second-order valence-electron chi connectivity index (χ2n) is 7.07. The van der Waals surface area contributed by atoms with Gasteiger partial charge >= 0.3 is 0 Å². The molecule has 0 spiro atoms. The van der Waals surface area contributed by atoms with E-state index >= 15 is 0 Å². The van der Waals surface area contributed by atoms with Crippen molar-refractivity contribution in [2.45, 2.75) is 12.0 Å². The first kappa shape index (κ1) is 18.2. The molecule has 1 saturated heterocycles. The highest BCUT2D eigenvalue weighted by Gasteiger charge is 2.36. The van der Waals surface area contributed by atoms with Gasteiger partial charge in [0.25, 0.3) is 11.5 Å². The smallest absolute Gasteiger partial charge is 0.282 e. The van der Waals surface area contributed by atoms with E-state index in [2.05, 4.69) is 4.98 Å². The SMILES string of the molecule is COc1cccc(C2CN(C(=O)c3nc4ccccc4n(C)c3=O)CC2N)c1. The standard InChI is InChI=1S/C21H22N4O3/c1-24-18-9-4-3-8-17(18)23-19(20(24)26)21(27)25-11-15(16(22)12-25)13-6-5-7-14(10-13)28-2/h3-10,15-16H,11-12,22H2,1-2H3. The second-order valence-corrected chi connectivity index (χ2v) is 7.07. The maximum atomic E-state index is 13.1. The van der Waals surface area contributed by atoms with Crippen molar-refractivity contribution in [2.24, 2.45) is 12.8 Å². The first-order chi connectivity index (χ1) is 13.5. The van der Waals surface area contributed by atoms with Gasteiger partial charge in [-0.25, -0.2) is 4.98 Å². The summed E-state index contributed by atoms with van der Waals surface area (Å²) in [6, 6.07) is 14.7. The van der Waals surface area contributed by atoms with E-state index in [9.17, 15) is 9.59 Å². The Labute approximate surface area is 162 Å². The Morgan fingerprint density at radius 1 is 1.18 bits per heavy atom. The van der Waals surface area contributed by atoms with E-state index in [1.54, 1.807) is 25.1 Å². The molecule has 144 valence electrons. The zero-order chi connectivity index (χ0) is 19.8. The number of hydrogen-bond acceptors (Lipinski definition) is 5. The Hall–Kier alpha value is -3.19. The molecule has 3 aromatic rings. The quantitative estimate of drug-likeness (QED) is 0.746. The van der Waals surface area contributed by atoms with Gasteiger partial charge in [0.05, 0.1) is 18.1 Å². The van der Waals surface area contributed by atoms with Crippen LogP contribution < -0.4 is 16.0 Å². The highest BCUT2D eigenvalue weighted by Crippen LogP contribution is 2.29. The summed E-state index contributed by atoms with van der Waals surface area (Å²) in [5.74, 6) is 0.343. The van der Waals surface area contributed by atoms with Crippen LogP contribution in [0.3, 0.4) is 0 Å². The van der Waals surface area contributed by atoms with Crippen LogP contribution in [-0.2, 0) is 7.05 Å². The first-order valence-electron chi connectivity index (χ1n) is 9.14. The zero-order valence-electron chi connectivity index (χ0n) is 15.8. The number of aryl methyl sites for hydroxylation is 1. The highest BCUT2D eigenvalue weighted by molar-refractivity contribution is 5.94. The van der Waals surface area contributed by atoms with E-state index < -0.39 is 5.56 Å². The van der Waals surface area contributed by atoms with Gasteiger partial charge in [-0.05, 0) is 29.8 Å². The molecule has 4 rings (SSSR count). The molecule has 2 heterocycles. The van der Waals surface area contributed by atoms with Gasteiger partial charge in [-0.3, -0.25) is 9.59 Å². The van der Waals surface area contributed by atoms with Gasteiger partial charge in [-0.2, -0.15) is 0 Å². The summed E-state index contributed by atoms with van der Waals surface area (Å²) < 4.78 is 6.75. The Balaban J connectivity index is 1.65. The molecule has 2 unspecified atom stereocenters. The van der Waals surface area contributed by atoms with Crippen molar-refractivity contribution in [2.75, 3.05) is 20.2 Å². The molecule has 0 aliphatic carbocycles. The average Bonchev–Trinajstić information content (AvgIpc) is 3.12. The number of nitrogens with zero attached hydrogens (tertiary/aromatic N) is 3. The number of carbonyl (C=O) groups excluding carboxylic acids is 1. The largest absolute Gasteiger partial charge is 0.497 e. The molecule has 1 amide bonds. The van der Waals surface area contributed by atoms with E-state index in [1.165, 1.54) is 4.57 Å². The number of carbonyl (C=O) groups is 1. The lowest BCUT2D eigenvalue weighted by Gasteiger charge is -2.17. The van der Waals surface area contributed by atoms with Crippen molar-refractivity contribution in [1.82, 2.24) is 14.5 Å².